The lowest BCUT2D eigenvalue weighted by molar-refractivity contribution is 0.0697. The number of pyridine rings is 1. The van der Waals surface area contributed by atoms with E-state index in [2.05, 4.69) is 133 Å². The van der Waals surface area contributed by atoms with Crippen LogP contribution in [0, 0.1) is 12.3 Å². The fourth-order valence-electron chi connectivity index (χ4n) is 8.51. The van der Waals surface area contributed by atoms with Gasteiger partial charge in [0.1, 0.15) is 0 Å². The molecule has 1 aliphatic carbocycles. The number of nitrogens with zero attached hydrogens (tertiary/aromatic N) is 3. The number of hydrogen-bond donors (Lipinski definition) is 1. The summed E-state index contributed by atoms with van der Waals surface area (Å²) in [6.45, 7) is 11.4. The zero-order valence-corrected chi connectivity index (χ0v) is 30.2. The summed E-state index contributed by atoms with van der Waals surface area (Å²) in [6, 6.07) is 45.0. The minimum atomic E-state index is -0.911. The molecule has 0 amide bonds. The Morgan fingerprint density at radius 3 is 2.29 bits per heavy atom. The van der Waals surface area contributed by atoms with Crippen LogP contribution in [0.2, 0.25) is 0 Å². The van der Waals surface area contributed by atoms with E-state index in [1.54, 1.807) is 36.0 Å². The van der Waals surface area contributed by atoms with Crippen LogP contribution in [0.25, 0.3) is 32.4 Å². The monoisotopic (exact) mass is 683 g/mol. The number of carbonyl (C=O) groups is 1. The summed E-state index contributed by atoms with van der Waals surface area (Å²) in [5.74, 6) is -0.401. The molecule has 2 aliphatic rings. The standard InChI is InChI=1S/C37H38N2.C10H7NO2/c1-26-9-4-7-14-36(26)39-21-19-38(20-22-39)30-12-8-11-29(23-30)35-24-28-16-18-32-31-13-6-5-10-27(31)15-17-33(32)34(28)25-37(35,2)3;12-10(13)8-3-4-9-7(6-8)2-1-5-11-9/h4-18,23,35H,19-22,24-25H2,1-3H3;1-6H,(H,12,13). The molecule has 1 aromatic heterocycles. The van der Waals surface area contributed by atoms with Gasteiger partial charge in [-0.2, -0.15) is 0 Å². The zero-order valence-electron chi connectivity index (χ0n) is 30.2. The quantitative estimate of drug-likeness (QED) is 0.187. The van der Waals surface area contributed by atoms with Gasteiger partial charge in [0, 0.05) is 49.1 Å². The van der Waals surface area contributed by atoms with Crippen LogP contribution in [0.4, 0.5) is 11.4 Å². The van der Waals surface area contributed by atoms with Crippen LogP contribution >= 0.6 is 0 Å². The van der Waals surface area contributed by atoms with Crippen molar-refractivity contribution in [1.29, 1.82) is 0 Å². The van der Waals surface area contributed by atoms with Crippen LogP contribution in [-0.4, -0.2) is 42.2 Å². The molecule has 9 rings (SSSR count). The van der Waals surface area contributed by atoms with E-state index >= 15 is 0 Å². The number of rotatable bonds is 4. The SMILES string of the molecule is Cc1ccccc1N1CCN(c2cccc(C3Cc4ccc5c(ccc6ccccc65)c4CC3(C)C)c2)CC1.O=C(O)c1ccc2ncccc2c1. The van der Waals surface area contributed by atoms with Crippen LogP contribution in [0.1, 0.15) is 52.4 Å². The molecule has 5 nitrogen and oxygen atoms in total. The number of fused-ring (bicyclic) bond motifs is 6. The third kappa shape index (κ3) is 6.48. The number of benzene rings is 6. The molecular weight excluding hydrogens is 639 g/mol. The average Bonchev–Trinajstić information content (AvgIpc) is 3.17. The van der Waals surface area contributed by atoms with E-state index in [-0.39, 0.29) is 5.41 Å². The number of carboxylic acids is 1. The van der Waals surface area contributed by atoms with Crippen molar-refractivity contribution in [3.05, 3.63) is 161 Å². The van der Waals surface area contributed by atoms with E-state index in [0.29, 0.717) is 11.5 Å². The molecule has 6 aromatic carbocycles. The Hall–Kier alpha value is -5.68. The molecule has 1 unspecified atom stereocenters. The molecule has 1 aliphatic heterocycles. The van der Waals surface area contributed by atoms with Crippen molar-refractivity contribution < 1.29 is 9.90 Å². The molecule has 260 valence electrons. The van der Waals surface area contributed by atoms with Crippen molar-refractivity contribution in [3.63, 3.8) is 0 Å². The van der Waals surface area contributed by atoms with Gasteiger partial charge in [0.25, 0.3) is 0 Å². The number of anilines is 2. The molecule has 0 saturated carbocycles. The Labute approximate surface area is 306 Å². The highest BCUT2D eigenvalue weighted by atomic mass is 16.4. The van der Waals surface area contributed by atoms with E-state index in [0.717, 1.165) is 49.9 Å². The third-order valence-corrected chi connectivity index (χ3v) is 11.4. The Bertz CT molecular complexity index is 2420. The zero-order chi connectivity index (χ0) is 35.8. The normalized spacial score (nSPS) is 16.7. The smallest absolute Gasteiger partial charge is 0.335 e. The molecule has 1 N–H and O–H groups in total. The van der Waals surface area contributed by atoms with Crippen molar-refractivity contribution >= 4 is 49.8 Å². The number of aromatic carboxylic acids is 1. The van der Waals surface area contributed by atoms with E-state index < -0.39 is 5.97 Å². The fraction of sp³-hybridized carbons (Fsp3) is 0.234. The van der Waals surface area contributed by atoms with Crippen molar-refractivity contribution in [2.24, 2.45) is 5.41 Å². The van der Waals surface area contributed by atoms with Crippen molar-refractivity contribution in [2.75, 3.05) is 36.0 Å². The Morgan fingerprint density at radius 2 is 1.46 bits per heavy atom. The van der Waals surface area contributed by atoms with Gasteiger partial charge in [0.15, 0.2) is 0 Å². The second kappa shape index (κ2) is 13.8. The van der Waals surface area contributed by atoms with Gasteiger partial charge >= 0.3 is 5.97 Å². The molecular formula is C47H45N3O2. The second-order valence-electron chi connectivity index (χ2n) is 15.1. The number of carboxylic acid groups (broad SMARTS) is 1. The maximum Gasteiger partial charge on any atom is 0.335 e. The van der Waals surface area contributed by atoms with Gasteiger partial charge in [-0.25, -0.2) is 4.79 Å². The Morgan fingerprint density at radius 1 is 0.712 bits per heavy atom. The highest BCUT2D eigenvalue weighted by Gasteiger charge is 2.37. The summed E-state index contributed by atoms with van der Waals surface area (Å²) in [6.07, 6.45) is 3.90. The van der Waals surface area contributed by atoms with E-state index in [1.165, 1.54) is 49.6 Å². The maximum atomic E-state index is 10.6. The van der Waals surface area contributed by atoms with Gasteiger partial charge in [0.05, 0.1) is 11.1 Å². The van der Waals surface area contributed by atoms with Gasteiger partial charge < -0.3 is 14.9 Å². The van der Waals surface area contributed by atoms with Crippen molar-refractivity contribution in [3.8, 4) is 0 Å². The summed E-state index contributed by atoms with van der Waals surface area (Å²) in [5.41, 5.74) is 10.00. The van der Waals surface area contributed by atoms with Gasteiger partial charge in [-0.1, -0.05) is 98.8 Å². The first-order valence-electron chi connectivity index (χ1n) is 18.4. The first-order valence-corrected chi connectivity index (χ1v) is 18.4. The summed E-state index contributed by atoms with van der Waals surface area (Å²) < 4.78 is 0. The molecule has 1 saturated heterocycles. The largest absolute Gasteiger partial charge is 0.478 e. The van der Waals surface area contributed by atoms with Crippen LogP contribution in [0.15, 0.2) is 134 Å². The summed E-state index contributed by atoms with van der Waals surface area (Å²) in [5, 5.41) is 15.1. The van der Waals surface area contributed by atoms with Crippen LogP contribution < -0.4 is 9.80 Å². The second-order valence-corrected chi connectivity index (χ2v) is 15.1. The lowest BCUT2D eigenvalue weighted by Crippen LogP contribution is -2.46. The van der Waals surface area contributed by atoms with E-state index in [1.807, 2.05) is 6.07 Å². The summed E-state index contributed by atoms with van der Waals surface area (Å²) in [7, 11) is 0. The molecule has 7 aromatic rings. The van der Waals surface area contributed by atoms with E-state index in [9.17, 15) is 4.79 Å². The predicted octanol–water partition coefficient (Wildman–Crippen LogP) is 10.5. The summed E-state index contributed by atoms with van der Waals surface area (Å²) >= 11 is 0. The number of hydrogen-bond acceptors (Lipinski definition) is 4. The lowest BCUT2D eigenvalue weighted by Gasteiger charge is -2.42. The summed E-state index contributed by atoms with van der Waals surface area (Å²) in [4.78, 5) is 19.8. The molecule has 5 heteroatoms. The van der Waals surface area contributed by atoms with E-state index in [4.69, 9.17) is 5.11 Å². The average molecular weight is 684 g/mol. The Kier molecular flexibility index (Phi) is 8.88. The Balaban J connectivity index is 0.000000250. The minimum Gasteiger partial charge on any atom is -0.478 e. The van der Waals surface area contributed by atoms with Crippen LogP contribution in [0.3, 0.4) is 0 Å². The third-order valence-electron chi connectivity index (χ3n) is 11.4. The number of para-hydroxylation sites is 1. The molecule has 0 spiro atoms. The molecule has 2 heterocycles. The van der Waals surface area contributed by atoms with Gasteiger partial charge in [0.2, 0.25) is 0 Å². The van der Waals surface area contributed by atoms with Crippen LogP contribution in [0.5, 0.6) is 0 Å². The highest BCUT2D eigenvalue weighted by Crippen LogP contribution is 2.48. The first-order chi connectivity index (χ1) is 25.2. The number of aromatic nitrogens is 1. The predicted molar refractivity (Wildman–Crippen MR) is 216 cm³/mol. The van der Waals surface area contributed by atoms with Crippen molar-refractivity contribution in [2.45, 2.75) is 39.5 Å². The molecule has 1 atom stereocenters. The van der Waals surface area contributed by atoms with Crippen molar-refractivity contribution in [1.82, 2.24) is 4.98 Å². The molecule has 0 bridgehead atoms. The lowest BCUT2D eigenvalue weighted by atomic mass is 9.63. The molecule has 1 fully saturated rings. The van der Waals surface area contributed by atoms with Gasteiger partial charge in [-0.15, -0.1) is 0 Å². The fourth-order valence-corrected chi connectivity index (χ4v) is 8.51. The van der Waals surface area contributed by atoms with Crippen LogP contribution in [-0.2, 0) is 12.8 Å². The van der Waals surface area contributed by atoms with Gasteiger partial charge in [-0.05, 0) is 117 Å². The molecule has 0 radical (unpaired) electrons. The number of aryl methyl sites for hydroxylation is 1. The first kappa shape index (κ1) is 33.5. The highest BCUT2D eigenvalue weighted by molar-refractivity contribution is 6.08. The number of piperazine rings is 1. The topological polar surface area (TPSA) is 56.7 Å². The molecule has 52 heavy (non-hydrogen) atoms. The minimum absolute atomic E-state index is 0.190. The van der Waals surface area contributed by atoms with Gasteiger partial charge in [-0.3, -0.25) is 4.98 Å². The maximum absolute atomic E-state index is 10.6.